The number of hydrogen-bond acceptors (Lipinski definition) is 7. The van der Waals surface area contributed by atoms with Crippen LogP contribution >= 0.6 is 11.6 Å². The zero-order valence-electron chi connectivity index (χ0n) is 19.4. The molecule has 0 amide bonds. The number of carbonyl (C=O) groups excluding carboxylic acids is 2. The molecule has 0 unspecified atom stereocenters. The van der Waals surface area contributed by atoms with Crippen LogP contribution in [0.15, 0.2) is 24.5 Å². The molecular formula is C24H29ClFN3O4. The van der Waals surface area contributed by atoms with Crippen LogP contribution in [-0.4, -0.2) is 47.2 Å². The smallest absolute Gasteiger partial charge is 0.338 e. The number of esters is 2. The second-order valence-corrected chi connectivity index (χ2v) is 9.38. The highest BCUT2D eigenvalue weighted by Gasteiger charge is 2.30. The van der Waals surface area contributed by atoms with Gasteiger partial charge in [-0.15, -0.1) is 0 Å². The van der Waals surface area contributed by atoms with Gasteiger partial charge in [0.05, 0.1) is 36.0 Å². The van der Waals surface area contributed by atoms with Crippen LogP contribution in [0.5, 0.6) is 0 Å². The second-order valence-electron chi connectivity index (χ2n) is 8.95. The van der Waals surface area contributed by atoms with Crippen LogP contribution in [0.25, 0.3) is 0 Å². The summed E-state index contributed by atoms with van der Waals surface area (Å²) in [4.78, 5) is 35.4. The van der Waals surface area contributed by atoms with Crippen LogP contribution in [0.4, 0.5) is 10.3 Å². The van der Waals surface area contributed by atoms with E-state index in [9.17, 15) is 9.59 Å². The van der Waals surface area contributed by atoms with Crippen molar-refractivity contribution in [2.75, 3.05) is 24.6 Å². The average Bonchev–Trinajstić information content (AvgIpc) is 2.74. The maximum atomic E-state index is 15.7. The van der Waals surface area contributed by atoms with Crippen LogP contribution in [0, 0.1) is 5.82 Å². The Balaban J connectivity index is 1.85. The number of halogens is 2. The molecule has 1 fully saturated rings. The summed E-state index contributed by atoms with van der Waals surface area (Å²) in [5.74, 6) is -1.30. The van der Waals surface area contributed by atoms with E-state index in [0.29, 0.717) is 42.5 Å². The van der Waals surface area contributed by atoms with Gasteiger partial charge in [-0.2, -0.15) is 0 Å². The predicted molar refractivity (Wildman–Crippen MR) is 123 cm³/mol. The van der Waals surface area contributed by atoms with Gasteiger partial charge in [0.2, 0.25) is 5.95 Å². The number of anilines is 1. The second kappa shape index (κ2) is 10.5. The molecule has 0 radical (unpaired) electrons. The molecule has 1 aliphatic rings. The van der Waals surface area contributed by atoms with Gasteiger partial charge in [0.25, 0.3) is 0 Å². The molecule has 2 heterocycles. The van der Waals surface area contributed by atoms with Crippen LogP contribution in [0.3, 0.4) is 0 Å². The number of nitrogens with zero attached hydrogens (tertiary/aromatic N) is 3. The zero-order chi connectivity index (χ0) is 24.2. The Morgan fingerprint density at radius 3 is 2.39 bits per heavy atom. The van der Waals surface area contributed by atoms with Crippen molar-refractivity contribution in [2.24, 2.45) is 0 Å². The molecule has 1 aromatic heterocycles. The molecule has 1 aliphatic heterocycles. The highest BCUT2D eigenvalue weighted by molar-refractivity contribution is 6.30. The van der Waals surface area contributed by atoms with Gasteiger partial charge in [0.1, 0.15) is 11.4 Å². The third kappa shape index (κ3) is 6.41. The van der Waals surface area contributed by atoms with Gasteiger partial charge >= 0.3 is 11.9 Å². The maximum absolute atomic E-state index is 15.7. The molecule has 178 valence electrons. The Kier molecular flexibility index (Phi) is 7.89. The number of piperidine rings is 1. The predicted octanol–water partition coefficient (Wildman–Crippen LogP) is 4.71. The first-order chi connectivity index (χ1) is 15.6. The number of hydrogen-bond donors (Lipinski definition) is 0. The fraction of sp³-hybridized carbons (Fsp3) is 0.500. The van der Waals surface area contributed by atoms with Crippen LogP contribution < -0.4 is 4.90 Å². The molecule has 0 saturated carbocycles. The number of ether oxygens (including phenoxy) is 2. The highest BCUT2D eigenvalue weighted by Crippen LogP contribution is 2.35. The summed E-state index contributed by atoms with van der Waals surface area (Å²) in [7, 11) is 0. The lowest BCUT2D eigenvalue weighted by Crippen LogP contribution is -2.35. The summed E-state index contributed by atoms with van der Waals surface area (Å²) in [5.41, 5.74) is 0.0306. The SMILES string of the molecule is CCOC(=O)c1ccc(CC(=O)OC(C)(C)C)c(F)c1C1CCN(c2ncc(Cl)cn2)CC1. The van der Waals surface area contributed by atoms with Gasteiger partial charge in [0.15, 0.2) is 0 Å². The van der Waals surface area contributed by atoms with Crippen molar-refractivity contribution in [1.82, 2.24) is 9.97 Å². The van der Waals surface area contributed by atoms with Crippen LogP contribution in [0.2, 0.25) is 5.02 Å². The molecule has 0 N–H and O–H groups in total. The first kappa shape index (κ1) is 24.9. The van der Waals surface area contributed by atoms with Crippen LogP contribution in [0.1, 0.15) is 67.9 Å². The van der Waals surface area contributed by atoms with Crippen molar-refractivity contribution in [3.05, 3.63) is 52.1 Å². The number of rotatable bonds is 6. The van der Waals surface area contributed by atoms with Gasteiger partial charge in [-0.05, 0) is 58.1 Å². The van der Waals surface area contributed by atoms with E-state index in [2.05, 4.69) is 9.97 Å². The molecular weight excluding hydrogens is 449 g/mol. The summed E-state index contributed by atoms with van der Waals surface area (Å²) >= 11 is 5.87. The molecule has 0 atom stereocenters. The zero-order valence-corrected chi connectivity index (χ0v) is 20.1. The van der Waals surface area contributed by atoms with Gasteiger partial charge < -0.3 is 14.4 Å². The summed E-state index contributed by atoms with van der Waals surface area (Å²) in [5, 5.41) is 0.455. The molecule has 9 heteroatoms. The molecule has 1 aromatic carbocycles. The van der Waals surface area contributed by atoms with Crippen LogP contribution in [-0.2, 0) is 20.7 Å². The quantitative estimate of drug-likeness (QED) is 0.557. The summed E-state index contributed by atoms with van der Waals surface area (Å²) in [6, 6.07) is 3.01. The lowest BCUT2D eigenvalue weighted by atomic mass is 9.84. The maximum Gasteiger partial charge on any atom is 0.338 e. The van der Waals surface area contributed by atoms with Crippen molar-refractivity contribution in [2.45, 2.75) is 58.5 Å². The Morgan fingerprint density at radius 1 is 1.18 bits per heavy atom. The van der Waals surface area contributed by atoms with Gasteiger partial charge in [0, 0.05) is 18.7 Å². The normalized spacial score (nSPS) is 14.8. The van der Waals surface area contributed by atoms with E-state index in [1.807, 2.05) is 4.90 Å². The monoisotopic (exact) mass is 477 g/mol. The Labute approximate surface area is 198 Å². The van der Waals surface area contributed by atoms with Gasteiger partial charge in [-0.25, -0.2) is 19.2 Å². The number of carbonyl (C=O) groups is 2. The molecule has 3 rings (SSSR count). The Hall–Kier alpha value is -2.74. The lowest BCUT2D eigenvalue weighted by Gasteiger charge is -2.33. The highest BCUT2D eigenvalue weighted by atomic mass is 35.5. The Bertz CT molecular complexity index is 1000. The van der Waals surface area contributed by atoms with E-state index in [0.717, 1.165) is 0 Å². The van der Waals surface area contributed by atoms with Crippen molar-refractivity contribution in [1.29, 1.82) is 0 Å². The van der Waals surface area contributed by atoms with E-state index in [1.165, 1.54) is 18.5 Å². The van der Waals surface area contributed by atoms with Crippen molar-refractivity contribution in [3.8, 4) is 0 Å². The Morgan fingerprint density at radius 2 is 1.82 bits per heavy atom. The van der Waals surface area contributed by atoms with Crippen molar-refractivity contribution >= 4 is 29.5 Å². The van der Waals surface area contributed by atoms with E-state index in [1.54, 1.807) is 33.8 Å². The van der Waals surface area contributed by atoms with E-state index < -0.39 is 23.4 Å². The first-order valence-electron chi connectivity index (χ1n) is 11.0. The molecule has 0 aliphatic carbocycles. The minimum absolute atomic E-state index is 0.186. The summed E-state index contributed by atoms with van der Waals surface area (Å²) in [6.45, 7) is 8.34. The summed E-state index contributed by atoms with van der Waals surface area (Å²) < 4.78 is 26.2. The molecule has 0 spiro atoms. The number of aromatic nitrogens is 2. The minimum atomic E-state index is -0.669. The number of benzene rings is 1. The van der Waals surface area contributed by atoms with Gasteiger partial charge in [-0.1, -0.05) is 17.7 Å². The van der Waals surface area contributed by atoms with Gasteiger partial charge in [-0.3, -0.25) is 4.79 Å². The van der Waals surface area contributed by atoms with E-state index in [-0.39, 0.29) is 30.1 Å². The van der Waals surface area contributed by atoms with E-state index >= 15 is 4.39 Å². The summed E-state index contributed by atoms with van der Waals surface area (Å²) in [6.07, 6.45) is 4.04. The first-order valence-corrected chi connectivity index (χ1v) is 11.4. The molecule has 7 nitrogen and oxygen atoms in total. The lowest BCUT2D eigenvalue weighted by molar-refractivity contribution is -0.153. The average molecular weight is 478 g/mol. The molecule has 0 bridgehead atoms. The topological polar surface area (TPSA) is 81.6 Å². The molecule has 1 saturated heterocycles. The van der Waals surface area contributed by atoms with Crippen molar-refractivity contribution < 1.29 is 23.5 Å². The third-order valence-corrected chi connectivity index (χ3v) is 5.50. The fourth-order valence-electron chi connectivity index (χ4n) is 3.93. The molecule has 2 aromatic rings. The van der Waals surface area contributed by atoms with Crippen molar-refractivity contribution in [3.63, 3.8) is 0 Å². The standard InChI is InChI=1S/C24H29ClFN3O4/c1-5-32-22(31)18-7-6-16(12-19(30)33-24(2,3)4)21(26)20(18)15-8-10-29(11-9-15)23-27-13-17(25)14-28-23/h6-7,13-15H,5,8-12H2,1-4H3. The minimum Gasteiger partial charge on any atom is -0.462 e. The fourth-order valence-corrected chi connectivity index (χ4v) is 4.03. The van der Waals surface area contributed by atoms with E-state index in [4.69, 9.17) is 21.1 Å². The largest absolute Gasteiger partial charge is 0.462 e. The third-order valence-electron chi connectivity index (χ3n) is 5.30. The molecule has 33 heavy (non-hydrogen) atoms.